The lowest BCUT2D eigenvalue weighted by atomic mass is 10.2. The highest BCUT2D eigenvalue weighted by molar-refractivity contribution is 7.90. The van der Waals surface area contributed by atoms with Crippen molar-refractivity contribution in [3.8, 4) is 0 Å². The van der Waals surface area contributed by atoms with Crippen LogP contribution in [0, 0.1) is 10.1 Å². The van der Waals surface area contributed by atoms with E-state index in [0.717, 1.165) is 17.3 Å². The van der Waals surface area contributed by atoms with Crippen molar-refractivity contribution >= 4 is 32.2 Å². The summed E-state index contributed by atoms with van der Waals surface area (Å²) in [6.07, 6.45) is 0.946. The summed E-state index contributed by atoms with van der Waals surface area (Å²) in [5.41, 5.74) is 1.30. The number of fused-ring (bicyclic) bond motifs is 1. The van der Waals surface area contributed by atoms with Crippen molar-refractivity contribution in [2.24, 2.45) is 0 Å². The zero-order chi connectivity index (χ0) is 18.2. The van der Waals surface area contributed by atoms with Gasteiger partial charge in [0.2, 0.25) is 0 Å². The quantitative estimate of drug-likeness (QED) is 0.533. The van der Waals surface area contributed by atoms with Crippen LogP contribution in [0.1, 0.15) is 18.8 Å². The summed E-state index contributed by atoms with van der Waals surface area (Å²) in [4.78, 5) is 18.0. The number of imidazole rings is 1. The van der Waals surface area contributed by atoms with Crippen molar-refractivity contribution in [3.63, 3.8) is 0 Å². The molecule has 1 aromatic heterocycles. The maximum absolute atomic E-state index is 11.8. The summed E-state index contributed by atoms with van der Waals surface area (Å²) in [6, 6.07) is 11.3. The van der Waals surface area contributed by atoms with Gasteiger partial charge in [0.15, 0.2) is 9.84 Å². The highest BCUT2D eigenvalue weighted by atomic mass is 32.2. The van der Waals surface area contributed by atoms with Gasteiger partial charge in [-0.05, 0) is 31.2 Å². The molecule has 2 aromatic carbocycles. The molecule has 0 aliphatic carbocycles. The molecular weight excluding hydrogens is 344 g/mol. The number of H-pyrrole nitrogens is 1. The normalized spacial score (nSPS) is 12.9. The van der Waals surface area contributed by atoms with Crippen molar-refractivity contribution in [2.75, 3.05) is 11.6 Å². The van der Waals surface area contributed by atoms with Crippen LogP contribution in [-0.4, -0.2) is 29.6 Å². The molecule has 0 amide bonds. The van der Waals surface area contributed by atoms with Gasteiger partial charge in [-0.1, -0.05) is 18.2 Å². The standard InChI is InChI=1S/C16H16N4O4S/c1-10(16-18-11-6-3-4-7-12(11)19-16)17-13-8-5-9-14(25(2,23)24)15(13)20(21)22/h3-10,17H,1-2H3,(H,18,19). The van der Waals surface area contributed by atoms with E-state index in [4.69, 9.17) is 0 Å². The van der Waals surface area contributed by atoms with Gasteiger partial charge < -0.3 is 10.3 Å². The van der Waals surface area contributed by atoms with Gasteiger partial charge >= 0.3 is 5.69 Å². The number of benzene rings is 2. The average Bonchev–Trinajstić information content (AvgIpc) is 2.97. The summed E-state index contributed by atoms with van der Waals surface area (Å²) in [5.74, 6) is 0.597. The Bertz CT molecular complexity index is 1030. The topological polar surface area (TPSA) is 118 Å². The largest absolute Gasteiger partial charge is 0.370 e. The van der Waals surface area contributed by atoms with Gasteiger partial charge in [-0.15, -0.1) is 0 Å². The molecule has 1 heterocycles. The van der Waals surface area contributed by atoms with E-state index in [0.29, 0.717) is 5.82 Å². The van der Waals surface area contributed by atoms with Gasteiger partial charge in [0.1, 0.15) is 16.4 Å². The first kappa shape index (κ1) is 16.9. The molecule has 0 saturated heterocycles. The molecule has 0 aliphatic heterocycles. The summed E-state index contributed by atoms with van der Waals surface area (Å²) >= 11 is 0. The molecule has 25 heavy (non-hydrogen) atoms. The zero-order valence-electron chi connectivity index (χ0n) is 13.6. The number of nitro groups is 1. The number of sulfone groups is 1. The van der Waals surface area contributed by atoms with E-state index in [2.05, 4.69) is 15.3 Å². The fourth-order valence-corrected chi connectivity index (χ4v) is 3.47. The molecule has 0 radical (unpaired) electrons. The molecular formula is C16H16N4O4S. The van der Waals surface area contributed by atoms with Crippen molar-refractivity contribution in [1.29, 1.82) is 0 Å². The third-order valence-corrected chi connectivity index (χ3v) is 4.90. The number of hydrogen-bond donors (Lipinski definition) is 2. The maximum atomic E-state index is 11.8. The Morgan fingerprint density at radius 3 is 2.56 bits per heavy atom. The first-order chi connectivity index (χ1) is 11.8. The molecule has 2 N–H and O–H groups in total. The Labute approximate surface area is 144 Å². The van der Waals surface area contributed by atoms with Crippen molar-refractivity contribution in [1.82, 2.24) is 9.97 Å². The summed E-state index contributed by atoms with van der Waals surface area (Å²) in [5, 5.41) is 14.4. The molecule has 1 unspecified atom stereocenters. The average molecular weight is 360 g/mol. The van der Waals surface area contributed by atoms with Crippen LogP contribution >= 0.6 is 0 Å². The van der Waals surface area contributed by atoms with Gasteiger partial charge in [-0.2, -0.15) is 0 Å². The van der Waals surface area contributed by atoms with Gasteiger partial charge in [0, 0.05) is 6.26 Å². The molecule has 1 atom stereocenters. The van der Waals surface area contributed by atoms with Gasteiger partial charge in [0.25, 0.3) is 0 Å². The van der Waals surface area contributed by atoms with Crippen LogP contribution in [-0.2, 0) is 9.84 Å². The second kappa shape index (κ2) is 6.17. The molecule has 9 heteroatoms. The molecule has 0 saturated carbocycles. The molecule has 0 spiro atoms. The lowest BCUT2D eigenvalue weighted by Crippen LogP contribution is -2.12. The van der Waals surface area contributed by atoms with Crippen LogP contribution in [0.4, 0.5) is 11.4 Å². The number of nitrogens with one attached hydrogen (secondary N) is 2. The second-order valence-corrected chi connectivity index (χ2v) is 7.67. The lowest BCUT2D eigenvalue weighted by Gasteiger charge is -2.14. The van der Waals surface area contributed by atoms with Crippen LogP contribution in [0.25, 0.3) is 11.0 Å². The smallest absolute Gasteiger partial charge is 0.310 e. The number of nitro benzene ring substituents is 1. The van der Waals surface area contributed by atoms with Crippen LogP contribution in [0.3, 0.4) is 0 Å². The number of rotatable bonds is 5. The first-order valence-corrected chi connectivity index (χ1v) is 9.35. The summed E-state index contributed by atoms with van der Waals surface area (Å²) in [6.45, 7) is 1.79. The second-order valence-electron chi connectivity index (χ2n) is 5.69. The summed E-state index contributed by atoms with van der Waals surface area (Å²) < 4.78 is 23.7. The zero-order valence-corrected chi connectivity index (χ0v) is 14.4. The highest BCUT2D eigenvalue weighted by Gasteiger charge is 2.27. The predicted molar refractivity (Wildman–Crippen MR) is 94.3 cm³/mol. The Hall–Kier alpha value is -2.94. The number of nitrogens with zero attached hydrogens (tertiary/aromatic N) is 2. The van der Waals surface area contributed by atoms with Gasteiger partial charge in [0.05, 0.1) is 22.0 Å². The molecule has 0 fully saturated rings. The molecule has 0 aliphatic rings. The van der Waals surface area contributed by atoms with E-state index in [-0.39, 0.29) is 16.6 Å². The van der Waals surface area contributed by atoms with Crippen molar-refractivity contribution in [2.45, 2.75) is 17.9 Å². The fourth-order valence-electron chi connectivity index (χ4n) is 2.61. The highest BCUT2D eigenvalue weighted by Crippen LogP contribution is 2.34. The van der Waals surface area contributed by atoms with Crippen LogP contribution in [0.5, 0.6) is 0 Å². The minimum Gasteiger partial charge on any atom is -0.370 e. The minimum atomic E-state index is -3.73. The summed E-state index contributed by atoms with van der Waals surface area (Å²) in [7, 11) is -3.73. The molecule has 0 bridgehead atoms. The minimum absolute atomic E-state index is 0.126. The van der Waals surface area contributed by atoms with Crippen LogP contribution < -0.4 is 5.32 Å². The molecule has 3 rings (SSSR count). The number of aromatic amines is 1. The SMILES string of the molecule is CC(Nc1cccc(S(C)(=O)=O)c1[N+](=O)[O-])c1nc2ccccc2[nH]1. The Morgan fingerprint density at radius 2 is 1.92 bits per heavy atom. The van der Waals surface area contributed by atoms with Crippen LogP contribution in [0.15, 0.2) is 47.4 Å². The molecule has 130 valence electrons. The van der Waals surface area contributed by atoms with Crippen LogP contribution in [0.2, 0.25) is 0 Å². The molecule has 3 aromatic rings. The van der Waals surface area contributed by atoms with Gasteiger partial charge in [-0.25, -0.2) is 13.4 Å². The van der Waals surface area contributed by atoms with Crippen molar-refractivity contribution < 1.29 is 13.3 Å². The third kappa shape index (κ3) is 3.31. The number of hydrogen-bond acceptors (Lipinski definition) is 6. The lowest BCUT2D eigenvalue weighted by molar-refractivity contribution is -0.386. The maximum Gasteiger partial charge on any atom is 0.310 e. The monoisotopic (exact) mass is 360 g/mol. The number of aromatic nitrogens is 2. The van der Waals surface area contributed by atoms with E-state index in [1.54, 1.807) is 6.92 Å². The van der Waals surface area contributed by atoms with E-state index < -0.39 is 20.4 Å². The van der Waals surface area contributed by atoms with Gasteiger partial charge in [-0.3, -0.25) is 10.1 Å². The number of anilines is 1. The van der Waals surface area contributed by atoms with E-state index in [1.807, 2.05) is 24.3 Å². The Balaban J connectivity index is 2.01. The fraction of sp³-hybridized carbons (Fsp3) is 0.188. The van der Waals surface area contributed by atoms with E-state index >= 15 is 0 Å². The van der Waals surface area contributed by atoms with E-state index in [1.165, 1.54) is 18.2 Å². The van der Waals surface area contributed by atoms with E-state index in [9.17, 15) is 18.5 Å². The first-order valence-electron chi connectivity index (χ1n) is 7.46. The molecule has 8 nitrogen and oxygen atoms in total. The third-order valence-electron chi connectivity index (χ3n) is 3.77. The number of para-hydroxylation sites is 3. The Kier molecular flexibility index (Phi) is 4.17. The Morgan fingerprint density at radius 1 is 1.20 bits per heavy atom. The predicted octanol–water partition coefficient (Wildman–Crippen LogP) is 3.05. The van der Waals surface area contributed by atoms with Crippen molar-refractivity contribution in [3.05, 3.63) is 58.4 Å².